The minimum absolute atomic E-state index is 0.0236. The molecule has 5 rings (SSSR count). The van der Waals surface area contributed by atoms with Crippen molar-refractivity contribution in [1.29, 1.82) is 0 Å². The molecule has 1 aromatic heterocycles. The van der Waals surface area contributed by atoms with E-state index >= 15 is 0 Å². The van der Waals surface area contributed by atoms with E-state index < -0.39 is 0 Å². The number of benzene rings is 4. The highest BCUT2D eigenvalue weighted by Crippen LogP contribution is 2.48. The van der Waals surface area contributed by atoms with Crippen LogP contribution in [0.4, 0.5) is 0 Å². The van der Waals surface area contributed by atoms with Gasteiger partial charge < -0.3 is 4.42 Å². The van der Waals surface area contributed by atoms with Gasteiger partial charge in [0.15, 0.2) is 11.6 Å². The molecular formula is C32H24O3. The summed E-state index contributed by atoms with van der Waals surface area (Å²) in [6.07, 6.45) is 0. The van der Waals surface area contributed by atoms with Crippen LogP contribution in [0.5, 0.6) is 0 Å². The van der Waals surface area contributed by atoms with Crippen molar-refractivity contribution in [3.8, 4) is 44.9 Å². The van der Waals surface area contributed by atoms with Gasteiger partial charge in [-0.15, -0.1) is 0 Å². The summed E-state index contributed by atoms with van der Waals surface area (Å²) in [4.78, 5) is 23.7. The first-order valence-electron chi connectivity index (χ1n) is 11.5. The first-order chi connectivity index (χ1) is 17.0. The molecule has 4 aromatic carbocycles. The lowest BCUT2D eigenvalue weighted by atomic mass is 9.91. The molecule has 5 aromatic rings. The van der Waals surface area contributed by atoms with Gasteiger partial charge in [-0.25, -0.2) is 0 Å². The summed E-state index contributed by atoms with van der Waals surface area (Å²) >= 11 is 0. The van der Waals surface area contributed by atoms with Crippen LogP contribution < -0.4 is 0 Å². The van der Waals surface area contributed by atoms with Gasteiger partial charge >= 0.3 is 0 Å². The highest BCUT2D eigenvalue weighted by molar-refractivity contribution is 6.01. The van der Waals surface area contributed by atoms with Crippen molar-refractivity contribution in [3.63, 3.8) is 0 Å². The standard InChI is InChI=1S/C32H24O3/c1-21(33)23-13-17-27(18-14-23)31-29(25-9-5-3-6-10-25)30(26-11-7-4-8-12-26)32(35-31)28-19-15-24(16-20-28)22(2)34/h3-20H,1-2H3. The molecule has 0 unspecified atom stereocenters. The summed E-state index contributed by atoms with van der Waals surface area (Å²) in [6.45, 7) is 3.13. The summed E-state index contributed by atoms with van der Waals surface area (Å²) in [6, 6.07) is 35.4. The highest BCUT2D eigenvalue weighted by Gasteiger charge is 2.25. The maximum Gasteiger partial charge on any atom is 0.159 e. The Morgan fingerprint density at radius 3 is 1.11 bits per heavy atom. The van der Waals surface area contributed by atoms with E-state index in [2.05, 4.69) is 24.3 Å². The third-order valence-corrected chi connectivity index (χ3v) is 6.14. The van der Waals surface area contributed by atoms with Gasteiger partial charge in [0.1, 0.15) is 11.5 Å². The number of ketones is 2. The second-order valence-electron chi connectivity index (χ2n) is 8.51. The topological polar surface area (TPSA) is 47.3 Å². The van der Waals surface area contributed by atoms with Crippen molar-refractivity contribution in [2.24, 2.45) is 0 Å². The molecule has 0 spiro atoms. The Balaban J connectivity index is 1.81. The van der Waals surface area contributed by atoms with Gasteiger partial charge in [0, 0.05) is 33.4 Å². The van der Waals surface area contributed by atoms with Gasteiger partial charge in [0.2, 0.25) is 0 Å². The van der Waals surface area contributed by atoms with E-state index in [0.717, 1.165) is 44.9 Å². The number of carbonyl (C=O) groups excluding carboxylic acids is 2. The van der Waals surface area contributed by atoms with Crippen LogP contribution in [0.1, 0.15) is 34.6 Å². The van der Waals surface area contributed by atoms with Crippen molar-refractivity contribution in [3.05, 3.63) is 120 Å². The number of rotatable bonds is 6. The minimum Gasteiger partial charge on any atom is -0.455 e. The Hall–Kier alpha value is -4.50. The Kier molecular flexibility index (Phi) is 5.99. The third-order valence-electron chi connectivity index (χ3n) is 6.14. The average Bonchev–Trinajstić information content (AvgIpc) is 3.30. The third kappa shape index (κ3) is 4.36. The summed E-state index contributed by atoms with van der Waals surface area (Å²) in [5.41, 5.74) is 7.13. The lowest BCUT2D eigenvalue weighted by Crippen LogP contribution is -1.91. The first kappa shape index (κ1) is 22.3. The molecule has 0 radical (unpaired) electrons. The lowest BCUT2D eigenvalue weighted by molar-refractivity contribution is 0.100. The van der Waals surface area contributed by atoms with Crippen LogP contribution in [0, 0.1) is 0 Å². The van der Waals surface area contributed by atoms with Crippen LogP contribution in [0.2, 0.25) is 0 Å². The van der Waals surface area contributed by atoms with E-state index in [9.17, 15) is 9.59 Å². The molecule has 0 saturated carbocycles. The molecule has 0 saturated heterocycles. The molecule has 0 amide bonds. The molecule has 0 aliphatic heterocycles. The smallest absolute Gasteiger partial charge is 0.159 e. The highest BCUT2D eigenvalue weighted by atomic mass is 16.3. The van der Waals surface area contributed by atoms with Crippen molar-refractivity contribution in [1.82, 2.24) is 0 Å². The van der Waals surface area contributed by atoms with Gasteiger partial charge in [-0.1, -0.05) is 109 Å². The molecule has 35 heavy (non-hydrogen) atoms. The van der Waals surface area contributed by atoms with Crippen LogP contribution in [-0.4, -0.2) is 11.6 Å². The zero-order chi connectivity index (χ0) is 24.4. The van der Waals surface area contributed by atoms with Crippen LogP contribution in [0.25, 0.3) is 44.9 Å². The minimum atomic E-state index is 0.0236. The predicted octanol–water partition coefficient (Wildman–Crippen LogP) is 8.35. The van der Waals surface area contributed by atoms with Gasteiger partial charge in [-0.2, -0.15) is 0 Å². The van der Waals surface area contributed by atoms with E-state index in [1.165, 1.54) is 0 Å². The molecule has 3 heteroatoms. The quantitative estimate of drug-likeness (QED) is 0.241. The van der Waals surface area contributed by atoms with Crippen LogP contribution in [0.15, 0.2) is 114 Å². The molecule has 3 nitrogen and oxygen atoms in total. The number of carbonyl (C=O) groups is 2. The molecule has 170 valence electrons. The molecule has 0 fully saturated rings. The van der Waals surface area contributed by atoms with Gasteiger partial charge in [0.25, 0.3) is 0 Å². The second-order valence-corrected chi connectivity index (χ2v) is 8.51. The maximum absolute atomic E-state index is 11.8. The largest absolute Gasteiger partial charge is 0.455 e. The zero-order valence-electron chi connectivity index (χ0n) is 19.6. The molecule has 1 heterocycles. The zero-order valence-corrected chi connectivity index (χ0v) is 19.6. The monoisotopic (exact) mass is 456 g/mol. The van der Waals surface area contributed by atoms with E-state index in [-0.39, 0.29) is 11.6 Å². The average molecular weight is 457 g/mol. The lowest BCUT2D eigenvalue weighted by Gasteiger charge is -2.09. The fourth-order valence-corrected chi connectivity index (χ4v) is 4.31. The van der Waals surface area contributed by atoms with Crippen LogP contribution >= 0.6 is 0 Å². The Labute approximate surface area is 204 Å². The van der Waals surface area contributed by atoms with Crippen LogP contribution in [0.3, 0.4) is 0 Å². The van der Waals surface area contributed by atoms with Gasteiger partial charge in [0.05, 0.1) is 0 Å². The molecular weight excluding hydrogens is 432 g/mol. The Morgan fingerprint density at radius 2 is 0.800 bits per heavy atom. The molecule has 0 N–H and O–H groups in total. The second kappa shape index (κ2) is 9.40. The molecule has 0 atom stereocenters. The molecule has 0 aliphatic carbocycles. The normalized spacial score (nSPS) is 10.8. The fraction of sp³-hybridized carbons (Fsp3) is 0.0625. The van der Waals surface area contributed by atoms with Gasteiger partial charge in [-0.05, 0) is 25.0 Å². The summed E-state index contributed by atoms with van der Waals surface area (Å²) in [7, 11) is 0. The molecule has 0 bridgehead atoms. The Bertz CT molecular complexity index is 1380. The van der Waals surface area contributed by atoms with Crippen molar-refractivity contribution < 1.29 is 14.0 Å². The summed E-state index contributed by atoms with van der Waals surface area (Å²) in [5.74, 6) is 1.51. The van der Waals surface area contributed by atoms with Crippen molar-refractivity contribution in [2.45, 2.75) is 13.8 Å². The summed E-state index contributed by atoms with van der Waals surface area (Å²) < 4.78 is 6.66. The van der Waals surface area contributed by atoms with Crippen LogP contribution in [-0.2, 0) is 0 Å². The van der Waals surface area contributed by atoms with Crippen molar-refractivity contribution in [2.75, 3.05) is 0 Å². The SMILES string of the molecule is CC(=O)c1ccc(-c2oc(-c3ccc(C(C)=O)cc3)c(-c3ccccc3)c2-c2ccccc2)cc1. The number of hydrogen-bond acceptors (Lipinski definition) is 3. The fourth-order valence-electron chi connectivity index (χ4n) is 4.31. The number of furan rings is 1. The summed E-state index contributed by atoms with van der Waals surface area (Å²) in [5, 5.41) is 0. The predicted molar refractivity (Wildman–Crippen MR) is 140 cm³/mol. The number of Topliss-reactive ketones (excluding diaryl/α,β-unsaturated/α-hetero) is 2. The van der Waals surface area contributed by atoms with E-state index in [0.29, 0.717) is 11.1 Å². The van der Waals surface area contributed by atoms with Crippen molar-refractivity contribution >= 4 is 11.6 Å². The van der Waals surface area contributed by atoms with E-state index in [1.807, 2.05) is 84.9 Å². The van der Waals surface area contributed by atoms with E-state index in [4.69, 9.17) is 4.42 Å². The number of hydrogen-bond donors (Lipinski definition) is 0. The molecule has 0 aliphatic rings. The van der Waals surface area contributed by atoms with Gasteiger partial charge in [-0.3, -0.25) is 9.59 Å². The maximum atomic E-state index is 11.8. The Morgan fingerprint density at radius 1 is 0.457 bits per heavy atom. The van der Waals surface area contributed by atoms with E-state index in [1.54, 1.807) is 13.8 Å². The first-order valence-corrected chi connectivity index (χ1v) is 11.5.